The van der Waals surface area contributed by atoms with Crippen LogP contribution in [0.5, 0.6) is 0 Å². The molecule has 0 bridgehead atoms. The van der Waals surface area contributed by atoms with Gasteiger partial charge in [0.15, 0.2) is 0 Å². The van der Waals surface area contributed by atoms with E-state index < -0.39 is 4.92 Å². The largest absolute Gasteiger partial charge is 0.379 e. The van der Waals surface area contributed by atoms with Gasteiger partial charge >= 0.3 is 0 Å². The number of rotatable bonds is 4. The van der Waals surface area contributed by atoms with Gasteiger partial charge in [-0.05, 0) is 36.2 Å². The Morgan fingerprint density at radius 1 is 1.30 bits per heavy atom. The summed E-state index contributed by atoms with van der Waals surface area (Å²) in [6, 6.07) is 9.32. The molecule has 6 heteroatoms. The summed E-state index contributed by atoms with van der Waals surface area (Å²) in [4.78, 5) is 10.2. The maximum absolute atomic E-state index is 13.6. The molecule has 0 heterocycles. The zero-order chi connectivity index (χ0) is 14.7. The van der Waals surface area contributed by atoms with Crippen LogP contribution in [0.4, 0.5) is 15.8 Å². The molecule has 0 saturated carbocycles. The van der Waals surface area contributed by atoms with Crippen molar-refractivity contribution in [1.29, 1.82) is 0 Å². The van der Waals surface area contributed by atoms with Crippen LogP contribution >= 0.6 is 15.9 Å². The van der Waals surface area contributed by atoms with E-state index in [1.165, 1.54) is 18.2 Å². The van der Waals surface area contributed by atoms with Crippen molar-refractivity contribution >= 4 is 27.3 Å². The maximum atomic E-state index is 13.6. The number of aryl methyl sites for hydroxylation is 1. The number of anilines is 1. The van der Waals surface area contributed by atoms with E-state index in [0.717, 1.165) is 11.1 Å². The van der Waals surface area contributed by atoms with Crippen LogP contribution in [0.15, 0.2) is 40.9 Å². The Labute approximate surface area is 123 Å². The number of benzene rings is 2. The van der Waals surface area contributed by atoms with Crippen molar-refractivity contribution in [1.82, 2.24) is 0 Å². The van der Waals surface area contributed by atoms with Gasteiger partial charge in [0.2, 0.25) is 0 Å². The van der Waals surface area contributed by atoms with E-state index in [1.807, 2.05) is 6.92 Å². The van der Waals surface area contributed by atoms with Gasteiger partial charge in [-0.25, -0.2) is 4.39 Å². The summed E-state index contributed by atoms with van der Waals surface area (Å²) in [7, 11) is 0. The molecule has 0 aliphatic heterocycles. The molecule has 0 aliphatic rings. The second kappa shape index (κ2) is 6.00. The highest BCUT2D eigenvalue weighted by Gasteiger charge is 2.09. The molecule has 4 nitrogen and oxygen atoms in total. The van der Waals surface area contributed by atoms with Gasteiger partial charge in [-0.15, -0.1) is 0 Å². The molecule has 0 spiro atoms. The lowest BCUT2D eigenvalue weighted by molar-refractivity contribution is -0.384. The summed E-state index contributed by atoms with van der Waals surface area (Å²) in [6.45, 7) is 2.26. The highest BCUT2D eigenvalue weighted by molar-refractivity contribution is 9.10. The first-order valence-corrected chi connectivity index (χ1v) is 6.69. The van der Waals surface area contributed by atoms with E-state index in [0.29, 0.717) is 16.7 Å². The topological polar surface area (TPSA) is 55.2 Å². The van der Waals surface area contributed by atoms with Crippen LogP contribution < -0.4 is 5.32 Å². The molecule has 0 aliphatic carbocycles. The summed E-state index contributed by atoms with van der Waals surface area (Å²) >= 11 is 3.28. The smallest absolute Gasteiger partial charge is 0.270 e. The summed E-state index contributed by atoms with van der Waals surface area (Å²) < 4.78 is 14.2. The van der Waals surface area contributed by atoms with E-state index in [1.54, 1.807) is 18.2 Å². The van der Waals surface area contributed by atoms with Gasteiger partial charge < -0.3 is 5.32 Å². The standard InChI is InChI=1S/C14H12BrFN2O2/c1-9-2-5-13(16)14(6-9)17-8-10-3-4-11(18(19)20)7-12(10)15/h2-7,17H,8H2,1H3. The summed E-state index contributed by atoms with van der Waals surface area (Å²) in [5, 5.41) is 13.6. The van der Waals surface area contributed by atoms with Crippen LogP contribution in [0, 0.1) is 22.9 Å². The first kappa shape index (κ1) is 14.5. The molecule has 0 atom stereocenters. The zero-order valence-corrected chi connectivity index (χ0v) is 12.3. The normalized spacial score (nSPS) is 10.3. The number of nitro benzene ring substituents is 1. The Balaban J connectivity index is 2.15. The van der Waals surface area contributed by atoms with Crippen molar-refractivity contribution in [3.8, 4) is 0 Å². The van der Waals surface area contributed by atoms with Crippen molar-refractivity contribution in [2.24, 2.45) is 0 Å². The zero-order valence-electron chi connectivity index (χ0n) is 10.7. The van der Waals surface area contributed by atoms with Crippen molar-refractivity contribution in [3.05, 3.63) is 67.9 Å². The van der Waals surface area contributed by atoms with Crippen molar-refractivity contribution in [2.75, 3.05) is 5.32 Å². The summed E-state index contributed by atoms with van der Waals surface area (Å²) in [5.41, 5.74) is 2.20. The first-order chi connectivity index (χ1) is 9.47. The van der Waals surface area contributed by atoms with E-state index >= 15 is 0 Å². The van der Waals surface area contributed by atoms with Crippen LogP contribution in [-0.4, -0.2) is 4.92 Å². The molecule has 0 saturated heterocycles. The van der Waals surface area contributed by atoms with E-state index in [9.17, 15) is 14.5 Å². The second-order valence-corrected chi connectivity index (χ2v) is 5.22. The minimum Gasteiger partial charge on any atom is -0.379 e. The molecule has 0 fully saturated rings. The lowest BCUT2D eigenvalue weighted by Gasteiger charge is -2.10. The van der Waals surface area contributed by atoms with Gasteiger partial charge in [0.25, 0.3) is 5.69 Å². The third kappa shape index (κ3) is 3.33. The monoisotopic (exact) mass is 338 g/mol. The Morgan fingerprint density at radius 2 is 2.05 bits per heavy atom. The molecule has 20 heavy (non-hydrogen) atoms. The average Bonchev–Trinajstić information content (AvgIpc) is 2.40. The number of nitrogens with one attached hydrogen (secondary N) is 1. The van der Waals surface area contributed by atoms with Crippen LogP contribution in [0.2, 0.25) is 0 Å². The third-order valence-electron chi connectivity index (χ3n) is 2.84. The predicted molar refractivity (Wildman–Crippen MR) is 79.3 cm³/mol. The van der Waals surface area contributed by atoms with E-state index in [2.05, 4.69) is 21.2 Å². The molecular formula is C14H12BrFN2O2. The third-order valence-corrected chi connectivity index (χ3v) is 3.58. The highest BCUT2D eigenvalue weighted by atomic mass is 79.9. The summed E-state index contributed by atoms with van der Waals surface area (Å²) in [5.74, 6) is -0.325. The predicted octanol–water partition coefficient (Wildman–Crippen LogP) is 4.42. The molecule has 1 N–H and O–H groups in total. The van der Waals surface area contributed by atoms with E-state index in [-0.39, 0.29) is 11.5 Å². The fourth-order valence-electron chi connectivity index (χ4n) is 1.76. The molecule has 2 rings (SSSR count). The van der Waals surface area contributed by atoms with Crippen molar-refractivity contribution in [2.45, 2.75) is 13.5 Å². The minimum atomic E-state index is -0.456. The number of hydrogen-bond donors (Lipinski definition) is 1. The fourth-order valence-corrected chi connectivity index (χ4v) is 2.27. The molecule has 0 amide bonds. The maximum Gasteiger partial charge on any atom is 0.270 e. The van der Waals surface area contributed by atoms with Crippen molar-refractivity contribution < 1.29 is 9.31 Å². The van der Waals surface area contributed by atoms with Gasteiger partial charge in [-0.1, -0.05) is 22.0 Å². The van der Waals surface area contributed by atoms with Crippen LogP contribution in [0.3, 0.4) is 0 Å². The van der Waals surface area contributed by atoms with Crippen molar-refractivity contribution in [3.63, 3.8) is 0 Å². The summed E-state index contributed by atoms with van der Waals surface area (Å²) in [6.07, 6.45) is 0. The van der Waals surface area contributed by atoms with Gasteiger partial charge in [0.05, 0.1) is 10.6 Å². The molecule has 104 valence electrons. The number of non-ortho nitro benzene ring substituents is 1. The fraction of sp³-hybridized carbons (Fsp3) is 0.143. The Kier molecular flexibility index (Phi) is 4.34. The lowest BCUT2D eigenvalue weighted by Crippen LogP contribution is -2.03. The average molecular weight is 339 g/mol. The van der Waals surface area contributed by atoms with Gasteiger partial charge in [0, 0.05) is 23.2 Å². The molecule has 2 aromatic rings. The molecule has 0 radical (unpaired) electrons. The highest BCUT2D eigenvalue weighted by Crippen LogP contribution is 2.24. The number of nitrogens with zero attached hydrogens (tertiary/aromatic N) is 1. The molecular weight excluding hydrogens is 327 g/mol. The Hall–Kier alpha value is -1.95. The van der Waals surface area contributed by atoms with Crippen LogP contribution in [0.25, 0.3) is 0 Å². The molecule has 2 aromatic carbocycles. The van der Waals surface area contributed by atoms with Crippen LogP contribution in [-0.2, 0) is 6.54 Å². The van der Waals surface area contributed by atoms with Crippen LogP contribution in [0.1, 0.15) is 11.1 Å². The number of nitro groups is 1. The van der Waals surface area contributed by atoms with Gasteiger partial charge in [0.1, 0.15) is 5.82 Å². The SMILES string of the molecule is Cc1ccc(F)c(NCc2ccc([N+](=O)[O-])cc2Br)c1. The molecule has 0 unspecified atom stereocenters. The lowest BCUT2D eigenvalue weighted by atomic mass is 10.2. The van der Waals surface area contributed by atoms with E-state index in [4.69, 9.17) is 0 Å². The number of hydrogen-bond acceptors (Lipinski definition) is 3. The molecule has 0 aromatic heterocycles. The van der Waals surface area contributed by atoms with Gasteiger partial charge in [-0.3, -0.25) is 10.1 Å². The quantitative estimate of drug-likeness (QED) is 0.663. The Bertz CT molecular complexity index is 662. The number of halogens is 2. The Morgan fingerprint density at radius 3 is 2.70 bits per heavy atom. The minimum absolute atomic E-state index is 0.0161. The first-order valence-electron chi connectivity index (χ1n) is 5.90. The van der Waals surface area contributed by atoms with Gasteiger partial charge in [-0.2, -0.15) is 0 Å². The second-order valence-electron chi connectivity index (χ2n) is 4.37.